The Labute approximate surface area is 171 Å². The molecule has 1 fully saturated rings. The Bertz CT molecular complexity index is 891. The maximum absolute atomic E-state index is 12.4. The Hall–Kier alpha value is -1.68. The molecule has 0 saturated carbocycles. The third kappa shape index (κ3) is 3.10. The number of rotatable bonds is 5. The Balaban J connectivity index is 1.61. The monoisotopic (exact) mass is 421 g/mol. The van der Waals surface area contributed by atoms with Crippen molar-refractivity contribution in [2.45, 2.75) is 49.7 Å². The lowest BCUT2D eigenvalue weighted by atomic mass is 9.79. The molecule has 28 heavy (non-hydrogen) atoms. The van der Waals surface area contributed by atoms with Gasteiger partial charge in [-0.3, -0.25) is 4.79 Å². The summed E-state index contributed by atoms with van der Waals surface area (Å²) >= 11 is 2.82. The molecule has 0 aromatic carbocycles. The number of carboxylic acids is 1. The van der Waals surface area contributed by atoms with Crippen LogP contribution in [0.2, 0.25) is 0 Å². The number of aliphatic carboxylic acids is 1. The summed E-state index contributed by atoms with van der Waals surface area (Å²) in [6.07, 6.45) is 2.29. The average molecular weight is 422 g/mol. The van der Waals surface area contributed by atoms with Crippen LogP contribution in [0.5, 0.6) is 0 Å². The lowest BCUT2D eigenvalue weighted by Gasteiger charge is -2.46. The summed E-state index contributed by atoms with van der Waals surface area (Å²) in [4.78, 5) is 31.0. The molecule has 5 atom stereocenters. The van der Waals surface area contributed by atoms with Gasteiger partial charge in [0.15, 0.2) is 4.34 Å². The van der Waals surface area contributed by atoms with Crippen LogP contribution in [0.15, 0.2) is 26.4 Å². The highest BCUT2D eigenvalue weighted by Gasteiger charge is 2.60. The smallest absolute Gasteiger partial charge is 0.353 e. The van der Waals surface area contributed by atoms with Gasteiger partial charge >= 0.3 is 5.97 Å². The predicted molar refractivity (Wildman–Crippen MR) is 108 cm³/mol. The van der Waals surface area contributed by atoms with E-state index in [0.717, 1.165) is 23.0 Å². The van der Waals surface area contributed by atoms with Crippen molar-refractivity contribution in [1.82, 2.24) is 15.2 Å². The van der Waals surface area contributed by atoms with Crippen molar-refractivity contribution in [3.63, 3.8) is 0 Å². The highest BCUT2D eigenvalue weighted by molar-refractivity contribution is 8.04. The normalized spacial score (nSPS) is 30.8. The number of thioether (sulfide) groups is 1. The molecule has 0 aliphatic carbocycles. The highest BCUT2D eigenvalue weighted by atomic mass is 32.2. The zero-order chi connectivity index (χ0) is 20.2. The summed E-state index contributed by atoms with van der Waals surface area (Å²) in [5.74, 6) is -2.12. The van der Waals surface area contributed by atoms with Gasteiger partial charge in [-0.05, 0) is 32.4 Å². The van der Waals surface area contributed by atoms with Crippen LogP contribution in [-0.2, 0) is 9.59 Å². The molecule has 7 nitrogen and oxygen atoms in total. The fourth-order valence-electron chi connectivity index (χ4n) is 4.29. The molecule has 1 aromatic heterocycles. The van der Waals surface area contributed by atoms with E-state index in [0.29, 0.717) is 10.9 Å². The van der Waals surface area contributed by atoms with Gasteiger partial charge in [-0.15, -0.1) is 11.3 Å². The molecule has 9 heteroatoms. The zero-order valence-electron chi connectivity index (χ0n) is 15.9. The zero-order valence-corrected chi connectivity index (χ0v) is 17.5. The van der Waals surface area contributed by atoms with Gasteiger partial charge in [0.1, 0.15) is 5.70 Å². The number of aliphatic hydroxyl groups excluding tert-OH is 1. The molecule has 1 saturated heterocycles. The van der Waals surface area contributed by atoms with Crippen molar-refractivity contribution in [3.05, 3.63) is 27.8 Å². The summed E-state index contributed by atoms with van der Waals surface area (Å²) in [5.41, 5.74) is 2.18. The largest absolute Gasteiger partial charge is 0.477 e. The number of carboxylic acid groups (broad SMARTS) is 1. The van der Waals surface area contributed by atoms with Gasteiger partial charge < -0.3 is 20.4 Å². The number of fused-ring (bicyclic) bond motifs is 1. The summed E-state index contributed by atoms with van der Waals surface area (Å²) < 4.78 is 0.770. The Kier molecular flexibility index (Phi) is 5.11. The van der Waals surface area contributed by atoms with Gasteiger partial charge in [0.2, 0.25) is 5.91 Å². The topological polar surface area (TPSA) is 103 Å². The number of aromatic nitrogens is 1. The second-order valence-corrected chi connectivity index (χ2v) is 9.70. The Morgan fingerprint density at radius 1 is 1.46 bits per heavy atom. The summed E-state index contributed by atoms with van der Waals surface area (Å²) in [7, 11) is 0. The van der Waals surface area contributed by atoms with Gasteiger partial charge in [0.05, 0.1) is 23.8 Å². The summed E-state index contributed by atoms with van der Waals surface area (Å²) in [5, 5.41) is 25.0. The average Bonchev–Trinajstić information content (AvgIpc) is 3.18. The molecule has 150 valence electrons. The van der Waals surface area contributed by atoms with Crippen LogP contribution >= 0.6 is 23.1 Å². The minimum atomic E-state index is -1.11. The third-order valence-electron chi connectivity index (χ3n) is 5.63. The van der Waals surface area contributed by atoms with Crippen LogP contribution in [0.1, 0.15) is 32.9 Å². The number of hydrogen-bond acceptors (Lipinski definition) is 7. The van der Waals surface area contributed by atoms with E-state index in [1.807, 2.05) is 12.3 Å². The number of thiazole rings is 1. The number of carbonyl (C=O) groups excluding carboxylic acids is 1. The maximum Gasteiger partial charge on any atom is 0.353 e. The minimum Gasteiger partial charge on any atom is -0.477 e. The second-order valence-electron chi connectivity index (χ2n) is 7.56. The molecule has 1 aromatic rings. The van der Waals surface area contributed by atoms with Crippen LogP contribution in [0, 0.1) is 11.8 Å². The van der Waals surface area contributed by atoms with Crippen molar-refractivity contribution in [1.29, 1.82) is 0 Å². The first-order valence-corrected chi connectivity index (χ1v) is 11.1. The molecule has 1 amide bonds. The lowest BCUT2D eigenvalue weighted by molar-refractivity contribution is -0.163. The van der Waals surface area contributed by atoms with Crippen LogP contribution in [0.3, 0.4) is 0 Å². The molecule has 3 N–H and O–H groups in total. The first kappa shape index (κ1) is 19.6. The van der Waals surface area contributed by atoms with Crippen molar-refractivity contribution in [2.75, 3.05) is 6.54 Å². The number of amides is 1. The molecule has 0 radical (unpaired) electrons. The predicted octanol–water partition coefficient (Wildman–Crippen LogP) is 2.15. The molecule has 4 heterocycles. The Morgan fingerprint density at radius 3 is 2.86 bits per heavy atom. The number of nitrogens with zero attached hydrogens (tertiary/aromatic N) is 2. The molecular formula is C19H23N3O4S2. The van der Waals surface area contributed by atoms with E-state index in [1.165, 1.54) is 33.6 Å². The van der Waals surface area contributed by atoms with Gasteiger partial charge in [0, 0.05) is 22.2 Å². The SMILES string of the molecule is C[C@H]1C=C(c2csc(SC3=C(C(=O)O)N4C(=O)[C@H]([C@@H](C)O)[C@H]4[C@H]3C)n2)CCN1. The minimum absolute atomic E-state index is 0.0378. The first-order chi connectivity index (χ1) is 13.3. The van der Waals surface area contributed by atoms with Crippen molar-refractivity contribution in [2.24, 2.45) is 11.8 Å². The van der Waals surface area contributed by atoms with Crippen molar-refractivity contribution in [3.8, 4) is 0 Å². The first-order valence-electron chi connectivity index (χ1n) is 9.36. The lowest BCUT2D eigenvalue weighted by Crippen LogP contribution is -2.63. The van der Waals surface area contributed by atoms with Gasteiger partial charge in [-0.1, -0.05) is 24.8 Å². The van der Waals surface area contributed by atoms with E-state index < -0.39 is 18.0 Å². The van der Waals surface area contributed by atoms with Crippen LogP contribution in [-0.4, -0.2) is 56.7 Å². The van der Waals surface area contributed by atoms with E-state index in [9.17, 15) is 19.8 Å². The molecule has 0 bridgehead atoms. The molecule has 4 rings (SSSR count). The van der Waals surface area contributed by atoms with Crippen LogP contribution in [0.4, 0.5) is 0 Å². The van der Waals surface area contributed by atoms with Crippen LogP contribution in [0.25, 0.3) is 5.57 Å². The second kappa shape index (κ2) is 7.29. The van der Waals surface area contributed by atoms with Gasteiger partial charge in [-0.2, -0.15) is 0 Å². The molecule has 0 spiro atoms. The fraction of sp³-hybridized carbons (Fsp3) is 0.526. The molecule has 3 aliphatic heterocycles. The standard InChI is InChI=1S/C19H23N3O4S2/c1-8-6-11(4-5-20-8)12-7-27-19(21-12)28-16-9(2)14-13(10(3)23)17(24)22(14)15(16)18(25)26/h6-10,13-14,20,23H,4-5H2,1-3H3,(H,25,26)/t8-,9+,10+,13+,14+/m0/s1. The van der Waals surface area contributed by atoms with Crippen molar-refractivity contribution >= 4 is 40.5 Å². The fourth-order valence-corrected chi connectivity index (χ4v) is 6.41. The summed E-state index contributed by atoms with van der Waals surface area (Å²) in [6, 6.07) is 0.0121. The third-order valence-corrected chi connectivity index (χ3v) is 7.86. The summed E-state index contributed by atoms with van der Waals surface area (Å²) in [6.45, 7) is 6.52. The molecule has 0 unspecified atom stereocenters. The van der Waals surface area contributed by atoms with Gasteiger partial charge in [-0.25, -0.2) is 9.78 Å². The van der Waals surface area contributed by atoms with Gasteiger partial charge in [0.25, 0.3) is 0 Å². The number of aliphatic hydroxyl groups is 1. The van der Waals surface area contributed by atoms with Crippen LogP contribution < -0.4 is 5.32 Å². The quantitative estimate of drug-likeness (QED) is 0.626. The molecular weight excluding hydrogens is 398 g/mol. The van der Waals surface area contributed by atoms with E-state index in [-0.39, 0.29) is 23.6 Å². The molecule has 3 aliphatic rings. The number of β-lactam (4-membered cyclic amide) rings is 1. The Morgan fingerprint density at radius 2 is 2.21 bits per heavy atom. The van der Waals surface area contributed by atoms with E-state index in [1.54, 1.807) is 6.92 Å². The number of hydrogen-bond donors (Lipinski definition) is 3. The maximum atomic E-state index is 12.4. The highest BCUT2D eigenvalue weighted by Crippen LogP contribution is 2.52. The van der Waals surface area contributed by atoms with E-state index >= 15 is 0 Å². The van der Waals surface area contributed by atoms with Crippen molar-refractivity contribution < 1.29 is 19.8 Å². The van der Waals surface area contributed by atoms with E-state index in [4.69, 9.17) is 4.98 Å². The number of carbonyl (C=O) groups is 2. The van der Waals surface area contributed by atoms with E-state index in [2.05, 4.69) is 18.3 Å². The number of nitrogens with one attached hydrogen (secondary N) is 1.